The lowest BCUT2D eigenvalue weighted by atomic mass is 10.0. The summed E-state index contributed by atoms with van der Waals surface area (Å²) in [5.41, 5.74) is 2.06. The fourth-order valence-electron chi connectivity index (χ4n) is 3.30. The van der Waals surface area contributed by atoms with E-state index in [1.165, 1.54) is 17.3 Å². The first-order chi connectivity index (χ1) is 13.3. The van der Waals surface area contributed by atoms with Gasteiger partial charge in [0.1, 0.15) is 0 Å². The van der Waals surface area contributed by atoms with Gasteiger partial charge >= 0.3 is 0 Å². The van der Waals surface area contributed by atoms with Gasteiger partial charge < -0.3 is 4.90 Å². The number of hydrogen-bond donors (Lipinski definition) is 0. The van der Waals surface area contributed by atoms with Crippen LogP contribution in [0, 0.1) is 0 Å². The van der Waals surface area contributed by atoms with Crippen molar-refractivity contribution in [1.82, 2.24) is 25.1 Å². The third-order valence-electron chi connectivity index (χ3n) is 4.88. The summed E-state index contributed by atoms with van der Waals surface area (Å²) in [4.78, 5) is 14.3. The Morgan fingerprint density at radius 3 is 2.61 bits per heavy atom. The molecule has 2 heterocycles. The van der Waals surface area contributed by atoms with Crippen LogP contribution in [0.1, 0.15) is 38.7 Å². The zero-order valence-corrected chi connectivity index (χ0v) is 17.9. The minimum Gasteiger partial charge on any atom is -0.338 e. The molecule has 1 aliphatic heterocycles. The van der Waals surface area contributed by atoms with E-state index in [2.05, 4.69) is 29.4 Å². The van der Waals surface area contributed by atoms with Gasteiger partial charge in [-0.15, -0.1) is 5.10 Å². The van der Waals surface area contributed by atoms with Crippen LogP contribution in [0.2, 0.25) is 0 Å². The number of benzene rings is 1. The van der Waals surface area contributed by atoms with E-state index in [1.54, 1.807) is 9.58 Å². The number of tetrazole rings is 1. The number of rotatable bonds is 7. The van der Waals surface area contributed by atoms with Gasteiger partial charge in [0, 0.05) is 12.6 Å². The topological polar surface area (TPSA) is 98.1 Å². The molecular formula is C18H25N5O3S2. The molecule has 8 nitrogen and oxygen atoms in total. The van der Waals surface area contributed by atoms with Crippen LogP contribution >= 0.6 is 11.8 Å². The number of thioether (sulfide) groups is 1. The molecular weight excluding hydrogens is 398 g/mol. The predicted molar refractivity (Wildman–Crippen MR) is 108 cm³/mol. The summed E-state index contributed by atoms with van der Waals surface area (Å²) >= 11 is 1.26. The van der Waals surface area contributed by atoms with E-state index >= 15 is 0 Å². The van der Waals surface area contributed by atoms with E-state index in [1.807, 2.05) is 31.2 Å². The number of hydrogen-bond acceptors (Lipinski definition) is 7. The lowest BCUT2D eigenvalue weighted by molar-refractivity contribution is -0.129. The Kier molecular flexibility index (Phi) is 6.39. The summed E-state index contributed by atoms with van der Waals surface area (Å²) in [6.45, 7) is 6.62. The molecule has 0 radical (unpaired) electrons. The Morgan fingerprint density at radius 2 is 2.04 bits per heavy atom. The molecule has 3 rings (SSSR count). The molecule has 1 atom stereocenters. The van der Waals surface area contributed by atoms with Crippen molar-refractivity contribution in [3.63, 3.8) is 0 Å². The van der Waals surface area contributed by atoms with Crippen molar-refractivity contribution in [2.24, 2.45) is 0 Å². The summed E-state index contributed by atoms with van der Waals surface area (Å²) in [7, 11) is -3.03. The molecule has 1 aliphatic rings. The minimum absolute atomic E-state index is 0.0528. The molecule has 1 saturated heterocycles. The summed E-state index contributed by atoms with van der Waals surface area (Å²) < 4.78 is 25.1. The predicted octanol–water partition coefficient (Wildman–Crippen LogP) is 1.91. The van der Waals surface area contributed by atoms with Crippen molar-refractivity contribution >= 4 is 27.5 Å². The molecule has 2 aromatic rings. The first-order valence-corrected chi connectivity index (χ1v) is 12.1. The highest BCUT2D eigenvalue weighted by atomic mass is 32.2. The zero-order chi connectivity index (χ0) is 20.3. The molecule has 0 bridgehead atoms. The van der Waals surface area contributed by atoms with Crippen LogP contribution in [0.25, 0.3) is 5.69 Å². The molecule has 0 aliphatic carbocycles. The Bertz CT molecular complexity index is 925. The van der Waals surface area contributed by atoms with Crippen LogP contribution in [0.15, 0.2) is 29.4 Å². The molecule has 0 N–H and O–H groups in total. The van der Waals surface area contributed by atoms with Crippen LogP contribution < -0.4 is 0 Å². The number of nitrogens with zero attached hydrogens (tertiary/aromatic N) is 5. The van der Waals surface area contributed by atoms with Gasteiger partial charge in [-0.25, -0.2) is 8.42 Å². The van der Waals surface area contributed by atoms with Gasteiger partial charge in [-0.1, -0.05) is 37.7 Å². The summed E-state index contributed by atoms with van der Waals surface area (Å²) in [5, 5.41) is 12.3. The van der Waals surface area contributed by atoms with E-state index in [0.29, 0.717) is 24.0 Å². The van der Waals surface area contributed by atoms with Crippen molar-refractivity contribution in [2.75, 3.05) is 23.8 Å². The van der Waals surface area contributed by atoms with Gasteiger partial charge in [0.05, 0.1) is 22.9 Å². The van der Waals surface area contributed by atoms with E-state index in [4.69, 9.17) is 0 Å². The van der Waals surface area contributed by atoms with Gasteiger partial charge in [0.25, 0.3) is 0 Å². The maximum atomic E-state index is 12.7. The fraction of sp³-hybridized carbons (Fsp3) is 0.556. The Hall–Kier alpha value is -1.94. The molecule has 0 unspecified atom stereocenters. The number of sulfone groups is 1. The monoisotopic (exact) mass is 423 g/mol. The first kappa shape index (κ1) is 20.8. The molecule has 0 spiro atoms. The highest BCUT2D eigenvalue weighted by Gasteiger charge is 2.33. The lowest BCUT2D eigenvalue weighted by Gasteiger charge is -2.26. The number of amides is 1. The third-order valence-corrected chi connectivity index (χ3v) is 7.53. The SMILES string of the molecule is CCN(C(=O)CSc1nnnn1-c1ccc(C(C)C)cc1)[C@@H]1CCS(=O)(=O)C1. The van der Waals surface area contributed by atoms with E-state index in [-0.39, 0.29) is 29.2 Å². The summed E-state index contributed by atoms with van der Waals surface area (Å²) in [5.74, 6) is 0.707. The normalized spacial score (nSPS) is 18.5. The minimum atomic E-state index is -3.03. The van der Waals surface area contributed by atoms with Crippen LogP contribution in [0.3, 0.4) is 0 Å². The summed E-state index contributed by atoms with van der Waals surface area (Å²) in [6, 6.07) is 7.77. The van der Waals surface area contributed by atoms with Gasteiger partial charge in [0.15, 0.2) is 9.84 Å². The average Bonchev–Trinajstić information content (AvgIpc) is 3.27. The van der Waals surface area contributed by atoms with Gasteiger partial charge in [-0.05, 0) is 47.4 Å². The largest absolute Gasteiger partial charge is 0.338 e. The van der Waals surface area contributed by atoms with Crippen molar-refractivity contribution in [3.05, 3.63) is 29.8 Å². The summed E-state index contributed by atoms with van der Waals surface area (Å²) in [6.07, 6.45) is 0.506. The van der Waals surface area contributed by atoms with Crippen molar-refractivity contribution < 1.29 is 13.2 Å². The second kappa shape index (κ2) is 8.60. The smallest absolute Gasteiger partial charge is 0.233 e. The molecule has 10 heteroatoms. The van der Waals surface area contributed by atoms with E-state index < -0.39 is 9.84 Å². The lowest BCUT2D eigenvalue weighted by Crippen LogP contribution is -2.42. The van der Waals surface area contributed by atoms with Crippen LogP contribution in [0.4, 0.5) is 0 Å². The van der Waals surface area contributed by atoms with Crippen LogP contribution in [-0.2, 0) is 14.6 Å². The second-order valence-electron chi connectivity index (χ2n) is 7.14. The molecule has 1 aromatic carbocycles. The van der Waals surface area contributed by atoms with Crippen LogP contribution in [-0.4, -0.2) is 69.3 Å². The van der Waals surface area contributed by atoms with Crippen molar-refractivity contribution in [2.45, 2.75) is 44.3 Å². The molecule has 1 amide bonds. The van der Waals surface area contributed by atoms with Crippen molar-refractivity contribution in [3.8, 4) is 5.69 Å². The maximum Gasteiger partial charge on any atom is 0.233 e. The molecule has 152 valence electrons. The highest BCUT2D eigenvalue weighted by Crippen LogP contribution is 2.23. The van der Waals surface area contributed by atoms with Gasteiger partial charge in [0.2, 0.25) is 11.1 Å². The molecule has 1 fully saturated rings. The maximum absolute atomic E-state index is 12.7. The molecule has 0 saturated carbocycles. The second-order valence-corrected chi connectivity index (χ2v) is 10.3. The fourth-order valence-corrected chi connectivity index (χ4v) is 5.81. The average molecular weight is 424 g/mol. The molecule has 1 aromatic heterocycles. The quantitative estimate of drug-likeness (QED) is 0.627. The highest BCUT2D eigenvalue weighted by molar-refractivity contribution is 7.99. The Balaban J connectivity index is 1.66. The zero-order valence-electron chi connectivity index (χ0n) is 16.3. The number of aromatic nitrogens is 4. The number of carbonyl (C=O) groups excluding carboxylic acids is 1. The Labute approximate surface area is 169 Å². The Morgan fingerprint density at radius 1 is 1.32 bits per heavy atom. The standard InChI is InChI=1S/C18H25N5O3S2/c1-4-22(16-9-10-28(25,26)12-16)17(24)11-27-18-19-20-21-23(18)15-7-5-14(6-8-15)13(2)3/h5-8,13,16H,4,9-12H2,1-3H3/t16-/m1/s1. The van der Waals surface area contributed by atoms with Gasteiger partial charge in [-0.2, -0.15) is 4.68 Å². The third kappa shape index (κ3) is 4.72. The van der Waals surface area contributed by atoms with Crippen molar-refractivity contribution in [1.29, 1.82) is 0 Å². The van der Waals surface area contributed by atoms with E-state index in [0.717, 1.165) is 5.69 Å². The molecule has 28 heavy (non-hydrogen) atoms. The van der Waals surface area contributed by atoms with Gasteiger partial charge in [-0.3, -0.25) is 4.79 Å². The van der Waals surface area contributed by atoms with E-state index in [9.17, 15) is 13.2 Å². The van der Waals surface area contributed by atoms with Crippen LogP contribution in [0.5, 0.6) is 0 Å². The number of carbonyl (C=O) groups is 1. The first-order valence-electron chi connectivity index (χ1n) is 9.32.